The molecule has 5 nitrogen and oxygen atoms in total. The average molecular weight is 327 g/mol. The number of methoxy groups -OCH3 is 2. The van der Waals surface area contributed by atoms with Gasteiger partial charge in [0.1, 0.15) is 6.73 Å². The summed E-state index contributed by atoms with van der Waals surface area (Å²) in [7, 11) is 3.08. The summed E-state index contributed by atoms with van der Waals surface area (Å²) >= 11 is 1.69. The predicted octanol–water partition coefficient (Wildman–Crippen LogP) is 3.27. The molecule has 0 aromatic carbocycles. The van der Waals surface area contributed by atoms with Gasteiger partial charge in [0.05, 0.1) is 0 Å². The predicted molar refractivity (Wildman–Crippen MR) is 89.6 cm³/mol. The highest BCUT2D eigenvalue weighted by molar-refractivity contribution is 7.99. The van der Waals surface area contributed by atoms with E-state index in [-0.39, 0.29) is 24.8 Å². The first kappa shape index (κ1) is 18.8. The second-order valence-corrected chi connectivity index (χ2v) is 5.82. The molecule has 6 heteroatoms. The second kappa shape index (κ2) is 10.5. The largest absolute Gasteiger partial charge is 0.462 e. The molecule has 1 heterocycles. The van der Waals surface area contributed by atoms with Crippen molar-refractivity contribution >= 4 is 11.8 Å². The number of rotatable bonds is 10. The lowest BCUT2D eigenvalue weighted by Gasteiger charge is -2.12. The topological polar surface area (TPSA) is 49.7 Å². The molecule has 1 aromatic rings. The van der Waals surface area contributed by atoms with Crippen molar-refractivity contribution < 1.29 is 14.2 Å². The second-order valence-electron chi connectivity index (χ2n) is 4.77. The molecule has 0 fully saturated rings. The highest BCUT2D eigenvalue weighted by atomic mass is 32.2. The number of aromatic nitrogens is 1. The van der Waals surface area contributed by atoms with Crippen LogP contribution in [0.15, 0.2) is 33.6 Å². The summed E-state index contributed by atoms with van der Waals surface area (Å²) in [6, 6.07) is 1.76. The summed E-state index contributed by atoms with van der Waals surface area (Å²) in [5, 5.41) is 0. The number of nitrogens with zero attached hydrogens (tertiary/aromatic N) is 1. The molecule has 0 aliphatic carbocycles. The van der Waals surface area contributed by atoms with Gasteiger partial charge in [0.25, 0.3) is 5.56 Å². The summed E-state index contributed by atoms with van der Waals surface area (Å²) in [5.41, 5.74) is 1.18. The molecule has 0 radical (unpaired) electrons. The minimum atomic E-state index is -0.219. The van der Waals surface area contributed by atoms with E-state index in [1.165, 1.54) is 17.3 Å². The number of hydrogen-bond acceptors (Lipinski definition) is 5. The van der Waals surface area contributed by atoms with Crippen LogP contribution in [0.3, 0.4) is 0 Å². The van der Waals surface area contributed by atoms with Crippen molar-refractivity contribution in [2.75, 3.05) is 26.8 Å². The van der Waals surface area contributed by atoms with Gasteiger partial charge in [0.2, 0.25) is 0 Å². The van der Waals surface area contributed by atoms with E-state index in [1.54, 1.807) is 31.1 Å². The van der Waals surface area contributed by atoms with Crippen LogP contribution < -0.4 is 10.3 Å². The quantitative estimate of drug-likeness (QED) is 0.375. The third kappa shape index (κ3) is 5.87. The lowest BCUT2D eigenvalue weighted by Crippen LogP contribution is -2.23. The fraction of sp³-hybridized carbons (Fsp3) is 0.562. The Morgan fingerprint density at radius 3 is 2.73 bits per heavy atom. The normalized spacial score (nSPS) is 11.7. The van der Waals surface area contributed by atoms with Crippen molar-refractivity contribution in [1.82, 2.24) is 4.57 Å². The van der Waals surface area contributed by atoms with Crippen molar-refractivity contribution in [1.29, 1.82) is 0 Å². The summed E-state index contributed by atoms with van der Waals surface area (Å²) in [6.45, 7) is 4.47. The minimum Gasteiger partial charge on any atom is -0.462 e. The van der Waals surface area contributed by atoms with E-state index in [0.29, 0.717) is 0 Å². The van der Waals surface area contributed by atoms with Gasteiger partial charge in [-0.25, -0.2) is 0 Å². The highest BCUT2D eigenvalue weighted by Crippen LogP contribution is 2.24. The molecule has 0 bridgehead atoms. The van der Waals surface area contributed by atoms with Crippen molar-refractivity contribution in [2.24, 2.45) is 0 Å². The Balaban J connectivity index is 2.93. The number of ether oxygens (including phenoxy) is 3. The van der Waals surface area contributed by atoms with Gasteiger partial charge in [-0.3, -0.25) is 9.36 Å². The lowest BCUT2D eigenvalue weighted by molar-refractivity contribution is 0.0483. The van der Waals surface area contributed by atoms with Crippen molar-refractivity contribution in [2.45, 2.75) is 38.3 Å². The Hall–Kier alpha value is -1.24. The molecule has 0 N–H and O–H groups in total. The average Bonchev–Trinajstić information content (AvgIpc) is 2.52. The van der Waals surface area contributed by atoms with E-state index in [1.807, 2.05) is 0 Å². The first-order chi connectivity index (χ1) is 10.7. The Morgan fingerprint density at radius 2 is 2.14 bits per heavy atom. The van der Waals surface area contributed by atoms with E-state index >= 15 is 0 Å². The van der Waals surface area contributed by atoms with Crippen LogP contribution in [-0.4, -0.2) is 31.3 Å². The van der Waals surface area contributed by atoms with E-state index < -0.39 is 0 Å². The Labute approximate surface area is 136 Å². The Bertz CT molecular complexity index is 539. The van der Waals surface area contributed by atoms with Crippen LogP contribution in [0.1, 0.15) is 26.7 Å². The van der Waals surface area contributed by atoms with E-state index in [9.17, 15) is 4.79 Å². The van der Waals surface area contributed by atoms with Crippen LogP contribution in [0.2, 0.25) is 0 Å². The molecule has 0 saturated carbocycles. The van der Waals surface area contributed by atoms with Gasteiger partial charge in [-0.1, -0.05) is 25.0 Å². The van der Waals surface area contributed by atoms with Gasteiger partial charge in [0.15, 0.2) is 12.5 Å². The third-order valence-corrected chi connectivity index (χ3v) is 4.10. The first-order valence-electron chi connectivity index (χ1n) is 7.28. The van der Waals surface area contributed by atoms with Crippen LogP contribution in [0.5, 0.6) is 5.75 Å². The monoisotopic (exact) mass is 327 g/mol. The summed E-state index contributed by atoms with van der Waals surface area (Å²) < 4.78 is 16.8. The van der Waals surface area contributed by atoms with Gasteiger partial charge in [0, 0.05) is 37.1 Å². The molecule has 0 unspecified atom stereocenters. The maximum absolute atomic E-state index is 12.2. The molecule has 1 aromatic heterocycles. The lowest BCUT2D eigenvalue weighted by atomic mass is 10.2. The molecule has 124 valence electrons. The first-order valence-corrected chi connectivity index (χ1v) is 8.26. The molecule has 0 spiro atoms. The summed E-state index contributed by atoms with van der Waals surface area (Å²) in [4.78, 5) is 13.2. The van der Waals surface area contributed by atoms with Crippen LogP contribution in [0.4, 0.5) is 0 Å². The fourth-order valence-electron chi connectivity index (χ4n) is 1.92. The van der Waals surface area contributed by atoms with Gasteiger partial charge < -0.3 is 14.2 Å². The molecule has 0 aliphatic rings. The maximum atomic E-state index is 12.2. The standard InChI is InChI=1S/C16H25NO4S/c1-5-7-13(6-2)10-22-14-8-15(21-12-20-4)16(18)17(9-14)11-19-3/h6,8-9H,5,7,10-12H2,1-4H3. The summed E-state index contributed by atoms with van der Waals surface area (Å²) in [6.07, 6.45) is 6.18. The summed E-state index contributed by atoms with van der Waals surface area (Å²) in [5.74, 6) is 1.18. The van der Waals surface area contributed by atoms with Crippen LogP contribution in [0.25, 0.3) is 0 Å². The van der Waals surface area contributed by atoms with Gasteiger partial charge >= 0.3 is 0 Å². The number of thioether (sulfide) groups is 1. The van der Waals surface area contributed by atoms with Crippen molar-refractivity contribution in [3.8, 4) is 5.75 Å². The Morgan fingerprint density at radius 1 is 1.36 bits per heavy atom. The van der Waals surface area contributed by atoms with E-state index in [4.69, 9.17) is 14.2 Å². The minimum absolute atomic E-state index is 0.0479. The molecule has 0 amide bonds. The number of pyridine rings is 1. The molecule has 0 aliphatic heterocycles. The smallest absolute Gasteiger partial charge is 0.294 e. The van der Waals surface area contributed by atoms with E-state index in [2.05, 4.69) is 19.9 Å². The SMILES string of the molecule is CC=C(CCC)CSc1cc(OCOC)c(=O)n(COC)c1. The fourth-order valence-corrected chi connectivity index (χ4v) is 2.97. The third-order valence-electron chi connectivity index (χ3n) is 3.03. The maximum Gasteiger partial charge on any atom is 0.294 e. The van der Waals surface area contributed by atoms with Crippen LogP contribution in [0, 0.1) is 0 Å². The van der Waals surface area contributed by atoms with Crippen LogP contribution >= 0.6 is 11.8 Å². The zero-order valence-electron chi connectivity index (χ0n) is 13.8. The molecule has 0 saturated heterocycles. The van der Waals surface area contributed by atoms with Gasteiger partial charge in [-0.05, 0) is 13.3 Å². The van der Waals surface area contributed by atoms with Gasteiger partial charge in [-0.15, -0.1) is 11.8 Å². The van der Waals surface area contributed by atoms with E-state index in [0.717, 1.165) is 23.5 Å². The Kier molecular flexibility index (Phi) is 8.96. The zero-order chi connectivity index (χ0) is 16.4. The molecule has 22 heavy (non-hydrogen) atoms. The molecule has 1 rings (SSSR count). The van der Waals surface area contributed by atoms with Crippen LogP contribution in [-0.2, 0) is 16.2 Å². The number of allylic oxidation sites excluding steroid dienone is 1. The molecule has 0 atom stereocenters. The highest BCUT2D eigenvalue weighted by Gasteiger charge is 2.09. The number of hydrogen-bond donors (Lipinski definition) is 0. The van der Waals surface area contributed by atoms with Crippen molar-refractivity contribution in [3.63, 3.8) is 0 Å². The molecular formula is C16H25NO4S. The van der Waals surface area contributed by atoms with Gasteiger partial charge in [-0.2, -0.15) is 0 Å². The zero-order valence-corrected chi connectivity index (χ0v) is 14.6. The molecular weight excluding hydrogens is 302 g/mol. The van der Waals surface area contributed by atoms with Crippen molar-refractivity contribution in [3.05, 3.63) is 34.3 Å².